The summed E-state index contributed by atoms with van der Waals surface area (Å²) < 4.78 is 0.993. The molecule has 0 aliphatic heterocycles. The fourth-order valence-electron chi connectivity index (χ4n) is 0.116. The van der Waals surface area contributed by atoms with E-state index in [0.29, 0.717) is 8.56 Å². The van der Waals surface area contributed by atoms with Crippen molar-refractivity contribution < 1.29 is 0 Å². The van der Waals surface area contributed by atoms with Gasteiger partial charge in [-0.1, -0.05) is 30.6 Å². The molecule has 0 rings (SSSR count). The van der Waals surface area contributed by atoms with Gasteiger partial charge in [-0.3, -0.25) is 0 Å². The molecule has 0 spiro atoms. The maximum absolute atomic E-state index is 5.08. The van der Waals surface area contributed by atoms with Gasteiger partial charge in [0.05, 0.1) is 0 Å². The van der Waals surface area contributed by atoms with Crippen LogP contribution in [0.2, 0.25) is 0 Å². The van der Waals surface area contributed by atoms with E-state index in [2.05, 4.69) is 31.4 Å². The second-order valence-electron chi connectivity index (χ2n) is 0.815. The average Bonchev–Trinajstić information content (AvgIpc) is 1.27. The Morgan fingerprint density at radius 1 is 1.86 bits per heavy atom. The summed E-state index contributed by atoms with van der Waals surface area (Å²) in [6.07, 6.45) is 0. The molecule has 0 aliphatic rings. The minimum atomic E-state index is 0.361. The predicted octanol–water partition coefficient (Wildman–Crippen LogP) is 1.36. The second-order valence-corrected chi connectivity index (χ2v) is 3.49. The Morgan fingerprint density at radius 2 is 2.29 bits per heavy atom. The lowest BCUT2D eigenvalue weighted by Crippen LogP contribution is -1.99. The van der Waals surface area contributed by atoms with Gasteiger partial charge in [-0.2, -0.15) is 0 Å². The first-order chi connectivity index (χ1) is 3.13. The van der Waals surface area contributed by atoms with Gasteiger partial charge in [0.2, 0.25) is 0 Å². The van der Waals surface area contributed by atoms with E-state index in [1.165, 1.54) is 11.8 Å². The lowest BCUT2D eigenvalue weighted by molar-refractivity contribution is 1.91. The highest BCUT2D eigenvalue weighted by molar-refractivity contribution is 8.31. The molecule has 0 radical (unpaired) electrons. The van der Waals surface area contributed by atoms with Crippen molar-refractivity contribution in [2.75, 3.05) is 0 Å². The first-order valence-corrected chi connectivity index (χ1v) is 3.15. The Bertz CT molecular complexity index is 86.4. The molecule has 0 saturated heterocycles. The summed E-state index contributed by atoms with van der Waals surface area (Å²) in [6, 6.07) is 0. The van der Waals surface area contributed by atoms with Crippen molar-refractivity contribution in [1.82, 2.24) is 0 Å². The van der Waals surface area contributed by atoms with Gasteiger partial charge in [0.1, 0.15) is 4.32 Å². The summed E-state index contributed by atoms with van der Waals surface area (Å²) in [4.78, 5) is 0. The number of thiol groups is 1. The van der Waals surface area contributed by atoms with E-state index in [9.17, 15) is 0 Å². The van der Waals surface area contributed by atoms with Crippen LogP contribution in [0.4, 0.5) is 0 Å². The monoisotopic (exact) mass is 151 g/mol. The van der Waals surface area contributed by atoms with Crippen molar-refractivity contribution in [2.24, 2.45) is 5.73 Å². The lowest BCUT2D eigenvalue weighted by atomic mass is 11.3. The highest BCUT2D eigenvalue weighted by atomic mass is 32.2. The molecular weight excluding hydrogens is 146 g/mol. The maximum atomic E-state index is 5.08. The van der Waals surface area contributed by atoms with Crippen LogP contribution < -0.4 is 5.73 Å². The standard InChI is InChI=1S/C3H5NS3/c1-2(5)7-3(4)6/h5H,1H2,(H2,4,6). The molecular formula is C3H5NS3. The van der Waals surface area contributed by atoms with E-state index in [1.807, 2.05) is 0 Å². The smallest absolute Gasteiger partial charge is 0.136 e. The zero-order valence-electron chi connectivity index (χ0n) is 3.55. The molecule has 4 heteroatoms. The van der Waals surface area contributed by atoms with Crippen LogP contribution in [0.25, 0.3) is 0 Å². The van der Waals surface area contributed by atoms with E-state index >= 15 is 0 Å². The maximum Gasteiger partial charge on any atom is 0.136 e. The summed E-state index contributed by atoms with van der Waals surface area (Å²) >= 11 is 9.53. The number of nitrogens with two attached hydrogens (primary N) is 1. The highest BCUT2D eigenvalue weighted by Crippen LogP contribution is 2.15. The molecule has 1 nitrogen and oxygen atoms in total. The van der Waals surface area contributed by atoms with Gasteiger partial charge in [-0.25, -0.2) is 0 Å². The largest absolute Gasteiger partial charge is 0.384 e. The van der Waals surface area contributed by atoms with Gasteiger partial charge in [0, 0.05) is 4.24 Å². The molecule has 0 atom stereocenters. The number of thiocarbonyl (C=S) groups is 1. The average molecular weight is 151 g/mol. The van der Waals surface area contributed by atoms with E-state index in [0.717, 1.165) is 0 Å². The van der Waals surface area contributed by atoms with Crippen molar-refractivity contribution in [3.63, 3.8) is 0 Å². The van der Waals surface area contributed by atoms with Gasteiger partial charge in [-0.05, 0) is 0 Å². The molecule has 2 N–H and O–H groups in total. The second kappa shape index (κ2) is 3.35. The minimum absolute atomic E-state index is 0.361. The SMILES string of the molecule is C=C(S)SC(N)=S. The first-order valence-electron chi connectivity index (χ1n) is 1.48. The minimum Gasteiger partial charge on any atom is -0.384 e. The molecule has 0 aliphatic carbocycles. The molecule has 0 aromatic heterocycles. The van der Waals surface area contributed by atoms with Crippen molar-refractivity contribution in [3.05, 3.63) is 10.8 Å². The summed E-state index contributed by atoms with van der Waals surface area (Å²) in [5.41, 5.74) is 5.08. The van der Waals surface area contributed by atoms with Crippen molar-refractivity contribution in [3.8, 4) is 0 Å². The molecule has 0 saturated carbocycles. The van der Waals surface area contributed by atoms with Crippen LogP contribution in [0.3, 0.4) is 0 Å². The lowest BCUT2D eigenvalue weighted by Gasteiger charge is -1.89. The first kappa shape index (κ1) is 7.33. The van der Waals surface area contributed by atoms with Crippen LogP contribution in [0.15, 0.2) is 10.8 Å². The number of hydrogen-bond donors (Lipinski definition) is 2. The van der Waals surface area contributed by atoms with E-state index < -0.39 is 0 Å². The molecule has 0 heterocycles. The molecule has 40 valence electrons. The zero-order valence-corrected chi connectivity index (χ0v) is 6.08. The Balaban J connectivity index is 3.32. The van der Waals surface area contributed by atoms with Crippen LogP contribution in [0.1, 0.15) is 0 Å². The van der Waals surface area contributed by atoms with Gasteiger partial charge in [0.15, 0.2) is 0 Å². The van der Waals surface area contributed by atoms with Crippen LogP contribution in [0, 0.1) is 0 Å². The molecule has 0 fully saturated rings. The van der Waals surface area contributed by atoms with Crippen LogP contribution in [-0.2, 0) is 0 Å². The fraction of sp³-hybridized carbons (Fsp3) is 0. The van der Waals surface area contributed by atoms with Crippen molar-refractivity contribution >= 4 is 40.9 Å². The highest BCUT2D eigenvalue weighted by Gasteiger charge is 1.87. The Kier molecular flexibility index (Phi) is 3.50. The van der Waals surface area contributed by atoms with Crippen molar-refractivity contribution in [1.29, 1.82) is 0 Å². The molecule has 0 aromatic rings. The quantitative estimate of drug-likeness (QED) is 0.437. The summed E-state index contributed by atoms with van der Waals surface area (Å²) in [7, 11) is 0. The third-order valence-electron chi connectivity index (χ3n) is 0.218. The summed E-state index contributed by atoms with van der Waals surface area (Å²) in [5.74, 6) is 0. The molecule has 0 bridgehead atoms. The Labute approximate surface area is 57.8 Å². The fourth-order valence-corrected chi connectivity index (χ4v) is 1.13. The summed E-state index contributed by atoms with van der Waals surface area (Å²) in [6.45, 7) is 3.45. The predicted molar refractivity (Wildman–Crippen MR) is 42.5 cm³/mol. The normalized spacial score (nSPS) is 8.14. The van der Waals surface area contributed by atoms with E-state index in [1.54, 1.807) is 0 Å². The number of hydrogen-bond acceptors (Lipinski definition) is 3. The zero-order chi connectivity index (χ0) is 5.86. The number of thioether (sulfide) groups is 1. The van der Waals surface area contributed by atoms with E-state index in [4.69, 9.17) is 5.73 Å². The summed E-state index contributed by atoms with van der Waals surface area (Å²) in [5, 5.41) is 0. The van der Waals surface area contributed by atoms with Gasteiger partial charge in [0.25, 0.3) is 0 Å². The topological polar surface area (TPSA) is 26.0 Å². The molecule has 0 unspecified atom stereocenters. The van der Waals surface area contributed by atoms with Gasteiger partial charge >= 0.3 is 0 Å². The Morgan fingerprint density at radius 3 is 2.29 bits per heavy atom. The van der Waals surface area contributed by atoms with Crippen LogP contribution in [0.5, 0.6) is 0 Å². The van der Waals surface area contributed by atoms with E-state index in [-0.39, 0.29) is 0 Å². The third-order valence-corrected chi connectivity index (χ3v) is 1.18. The van der Waals surface area contributed by atoms with Crippen LogP contribution in [-0.4, -0.2) is 4.32 Å². The van der Waals surface area contributed by atoms with Crippen molar-refractivity contribution in [2.45, 2.75) is 0 Å². The number of rotatable bonds is 1. The molecule has 7 heavy (non-hydrogen) atoms. The van der Waals surface area contributed by atoms with Gasteiger partial charge < -0.3 is 5.73 Å². The molecule has 0 aromatic carbocycles. The molecule has 0 amide bonds. The Hall–Kier alpha value is 0.330. The van der Waals surface area contributed by atoms with Crippen LogP contribution >= 0.6 is 36.6 Å². The van der Waals surface area contributed by atoms with Gasteiger partial charge in [-0.15, -0.1) is 12.6 Å². The third kappa shape index (κ3) is 6.33.